The molecule has 2 atom stereocenters. The Labute approximate surface area is 169 Å². The molecule has 0 aliphatic heterocycles. The molecule has 2 aromatic carbocycles. The van der Waals surface area contributed by atoms with Gasteiger partial charge < -0.3 is 14.0 Å². The summed E-state index contributed by atoms with van der Waals surface area (Å²) in [5, 5.41) is 9.40. The summed E-state index contributed by atoms with van der Waals surface area (Å²) in [5.74, 6) is 1.52. The molecular weight excluding hydrogens is 409 g/mol. The van der Waals surface area contributed by atoms with Gasteiger partial charge in [0.1, 0.15) is 17.2 Å². The highest BCUT2D eigenvalue weighted by Gasteiger charge is 2.26. The molecule has 0 bridgehead atoms. The Hall–Kier alpha value is -2.10. The highest BCUT2D eigenvalue weighted by Crippen LogP contribution is 2.36. The fourth-order valence-electron chi connectivity index (χ4n) is 3.15. The minimum atomic E-state index is -4.27. The molecule has 0 spiro atoms. The SMILES string of the molecule is O=S(OCCCC(F)(F)F)Oc1cccc(Oc2cccc3c2CC(CO)C3)c1. The molecule has 9 heteroatoms. The number of hydrogen-bond acceptors (Lipinski definition) is 5. The van der Waals surface area contributed by atoms with E-state index in [1.165, 1.54) is 6.07 Å². The zero-order chi connectivity index (χ0) is 20.9. The minimum Gasteiger partial charge on any atom is -0.457 e. The van der Waals surface area contributed by atoms with E-state index in [4.69, 9.17) is 13.1 Å². The summed E-state index contributed by atoms with van der Waals surface area (Å²) in [6, 6.07) is 12.2. The minimum absolute atomic E-state index is 0.117. The number of benzene rings is 2. The van der Waals surface area contributed by atoms with Crippen molar-refractivity contribution in [2.75, 3.05) is 13.2 Å². The molecule has 2 aromatic rings. The third-order valence-electron chi connectivity index (χ3n) is 4.47. The standard InChI is InChI=1S/C20H21F3O5S/c21-20(22,23)8-3-9-26-29(25)28-17-6-2-5-16(12-17)27-19-7-1-4-15-10-14(13-24)11-18(15)19/h1-2,4-7,12,14,24H,3,8-11,13H2. The molecule has 5 nitrogen and oxygen atoms in total. The first-order valence-corrected chi connectivity index (χ1v) is 10.1. The number of aliphatic hydroxyl groups excluding tert-OH is 1. The van der Waals surface area contributed by atoms with Gasteiger partial charge in [0, 0.05) is 19.1 Å². The lowest BCUT2D eigenvalue weighted by atomic mass is 10.1. The lowest BCUT2D eigenvalue weighted by molar-refractivity contribution is -0.136. The van der Waals surface area contributed by atoms with Gasteiger partial charge in [0.15, 0.2) is 0 Å². The molecule has 0 saturated carbocycles. The van der Waals surface area contributed by atoms with Crippen LogP contribution in [0.4, 0.5) is 13.2 Å². The van der Waals surface area contributed by atoms with Crippen LogP contribution in [0.15, 0.2) is 42.5 Å². The van der Waals surface area contributed by atoms with Gasteiger partial charge in [-0.3, -0.25) is 4.18 Å². The van der Waals surface area contributed by atoms with Crippen LogP contribution in [0.1, 0.15) is 24.0 Å². The Balaban J connectivity index is 1.57. The summed E-state index contributed by atoms with van der Waals surface area (Å²) >= 11 is -2.21. The normalized spacial score (nSPS) is 17.0. The maximum absolute atomic E-state index is 12.1. The van der Waals surface area contributed by atoms with E-state index in [2.05, 4.69) is 0 Å². The Morgan fingerprint density at radius 3 is 2.62 bits per heavy atom. The summed E-state index contributed by atoms with van der Waals surface area (Å²) < 4.78 is 63.8. The van der Waals surface area contributed by atoms with E-state index < -0.39 is 24.0 Å². The average Bonchev–Trinajstić information content (AvgIpc) is 3.09. The topological polar surface area (TPSA) is 65.0 Å². The van der Waals surface area contributed by atoms with Crippen LogP contribution >= 0.6 is 0 Å². The first kappa shape index (κ1) is 21.6. The number of ether oxygens (including phenoxy) is 1. The summed E-state index contributed by atoms with van der Waals surface area (Å²) in [5.41, 5.74) is 2.19. The van der Waals surface area contributed by atoms with E-state index in [0.717, 1.165) is 24.0 Å². The van der Waals surface area contributed by atoms with Crippen LogP contribution < -0.4 is 8.92 Å². The van der Waals surface area contributed by atoms with Gasteiger partial charge in [-0.2, -0.15) is 17.4 Å². The smallest absolute Gasteiger partial charge is 0.389 e. The van der Waals surface area contributed by atoms with Gasteiger partial charge in [-0.25, -0.2) is 0 Å². The van der Waals surface area contributed by atoms with Gasteiger partial charge in [-0.1, -0.05) is 18.2 Å². The fraction of sp³-hybridized carbons (Fsp3) is 0.400. The molecule has 2 unspecified atom stereocenters. The number of rotatable bonds is 9. The molecule has 0 amide bonds. The summed E-state index contributed by atoms with van der Waals surface area (Å²) in [4.78, 5) is 0. The summed E-state index contributed by atoms with van der Waals surface area (Å²) in [6.45, 7) is -0.212. The van der Waals surface area contributed by atoms with Gasteiger partial charge in [-0.05, 0) is 54.5 Å². The van der Waals surface area contributed by atoms with Crippen molar-refractivity contribution in [3.05, 3.63) is 53.6 Å². The number of fused-ring (bicyclic) bond motifs is 1. The lowest BCUT2D eigenvalue weighted by Gasteiger charge is -2.12. The first-order valence-electron chi connectivity index (χ1n) is 9.14. The van der Waals surface area contributed by atoms with Crippen molar-refractivity contribution < 1.29 is 35.6 Å². The molecule has 0 fully saturated rings. The maximum atomic E-state index is 12.1. The number of hydrogen-bond donors (Lipinski definition) is 1. The third kappa shape index (κ3) is 6.45. The van der Waals surface area contributed by atoms with Gasteiger partial charge in [0.05, 0.1) is 6.61 Å². The van der Waals surface area contributed by atoms with E-state index in [0.29, 0.717) is 11.5 Å². The third-order valence-corrected chi connectivity index (χ3v) is 5.16. The molecule has 0 radical (unpaired) electrons. The van der Waals surface area contributed by atoms with E-state index >= 15 is 0 Å². The second-order valence-electron chi connectivity index (χ2n) is 6.76. The highest BCUT2D eigenvalue weighted by molar-refractivity contribution is 7.75. The second-order valence-corrected chi connectivity index (χ2v) is 7.57. The molecule has 3 rings (SSSR count). The molecule has 0 heterocycles. The van der Waals surface area contributed by atoms with Crippen LogP contribution in [0, 0.1) is 5.92 Å². The molecule has 0 aromatic heterocycles. The van der Waals surface area contributed by atoms with Crippen LogP contribution in [0.3, 0.4) is 0 Å². The molecule has 1 aliphatic carbocycles. The van der Waals surface area contributed by atoms with Crippen LogP contribution in [0.25, 0.3) is 0 Å². The maximum Gasteiger partial charge on any atom is 0.389 e. The van der Waals surface area contributed by atoms with Crippen LogP contribution in [0.2, 0.25) is 0 Å². The van der Waals surface area contributed by atoms with Crippen LogP contribution in [-0.2, 0) is 28.4 Å². The van der Waals surface area contributed by atoms with Crippen molar-refractivity contribution in [3.63, 3.8) is 0 Å². The second kappa shape index (κ2) is 9.60. The van der Waals surface area contributed by atoms with Gasteiger partial charge in [0.25, 0.3) is 0 Å². The Morgan fingerprint density at radius 2 is 1.86 bits per heavy atom. The monoisotopic (exact) mass is 430 g/mol. The van der Waals surface area contributed by atoms with E-state index in [-0.39, 0.29) is 31.3 Å². The highest BCUT2D eigenvalue weighted by atomic mass is 32.2. The average molecular weight is 430 g/mol. The zero-order valence-corrected chi connectivity index (χ0v) is 16.3. The fourth-order valence-corrected chi connectivity index (χ4v) is 3.71. The van der Waals surface area contributed by atoms with Crippen LogP contribution in [0.5, 0.6) is 17.2 Å². The van der Waals surface area contributed by atoms with Crippen molar-refractivity contribution in [2.24, 2.45) is 5.92 Å². The zero-order valence-electron chi connectivity index (χ0n) is 15.5. The van der Waals surface area contributed by atoms with E-state index in [9.17, 15) is 22.5 Å². The number of alkyl halides is 3. The molecule has 1 aliphatic rings. The first-order chi connectivity index (χ1) is 13.8. The number of halogens is 3. The summed E-state index contributed by atoms with van der Waals surface area (Å²) in [7, 11) is 0. The van der Waals surface area contributed by atoms with Gasteiger partial charge in [-0.15, -0.1) is 0 Å². The predicted molar refractivity (Wildman–Crippen MR) is 101 cm³/mol. The molecule has 0 saturated heterocycles. The van der Waals surface area contributed by atoms with E-state index in [1.807, 2.05) is 18.2 Å². The molecule has 29 heavy (non-hydrogen) atoms. The Morgan fingerprint density at radius 1 is 1.10 bits per heavy atom. The lowest BCUT2D eigenvalue weighted by Crippen LogP contribution is -2.11. The Bertz CT molecular complexity index is 856. The predicted octanol–water partition coefficient (Wildman–Crippen LogP) is 4.50. The van der Waals surface area contributed by atoms with Gasteiger partial charge >= 0.3 is 17.5 Å². The Kier molecular flexibility index (Phi) is 7.15. The van der Waals surface area contributed by atoms with Gasteiger partial charge in [0.2, 0.25) is 0 Å². The molecule has 158 valence electrons. The van der Waals surface area contributed by atoms with E-state index in [1.54, 1.807) is 18.2 Å². The van der Waals surface area contributed by atoms with Crippen molar-refractivity contribution in [1.82, 2.24) is 0 Å². The van der Waals surface area contributed by atoms with Crippen molar-refractivity contribution in [1.29, 1.82) is 0 Å². The molecule has 1 N–H and O–H groups in total. The largest absolute Gasteiger partial charge is 0.457 e. The van der Waals surface area contributed by atoms with Crippen molar-refractivity contribution in [2.45, 2.75) is 31.9 Å². The van der Waals surface area contributed by atoms with Crippen molar-refractivity contribution in [3.8, 4) is 17.2 Å². The quantitative estimate of drug-likeness (QED) is 0.594. The summed E-state index contributed by atoms with van der Waals surface area (Å²) in [6.07, 6.45) is -4.04. The van der Waals surface area contributed by atoms with Crippen LogP contribution in [-0.4, -0.2) is 28.7 Å². The van der Waals surface area contributed by atoms with Crippen molar-refractivity contribution >= 4 is 11.4 Å². The number of aliphatic hydroxyl groups is 1. The molecular formula is C20H21F3O5S.